The van der Waals surface area contributed by atoms with Gasteiger partial charge in [-0.25, -0.2) is 8.78 Å². The average Bonchev–Trinajstić information content (AvgIpc) is 2.79. The molecule has 0 saturated carbocycles. The number of hydrogen-bond acceptors (Lipinski definition) is 5. The van der Waals surface area contributed by atoms with Gasteiger partial charge >= 0.3 is 6.18 Å². The Morgan fingerprint density at radius 1 is 1.11 bits per heavy atom. The van der Waals surface area contributed by atoms with Gasteiger partial charge in [-0.05, 0) is 71.2 Å². The minimum Gasteiger partial charge on any atom is -0.506 e. The van der Waals surface area contributed by atoms with Crippen molar-refractivity contribution in [2.45, 2.75) is 24.1 Å². The first kappa shape index (κ1) is 26.1. The molecule has 1 aliphatic rings. The van der Waals surface area contributed by atoms with Gasteiger partial charge < -0.3 is 19.5 Å². The van der Waals surface area contributed by atoms with Crippen LogP contribution in [0.5, 0.6) is 11.5 Å². The number of halogens is 6. The standard InChI is InChI=1S/C24H18BrF5N2O3S/c1-11-10-32(2)23(34)12-5-16(25)22(33)21(6-12)36-31-19-8-14(17(26)9-18(19)27)15-7-13(24(28,29)30)3-4-20(15)35-11/h3-9,11,31,33H,10H2,1-2H3. The van der Waals surface area contributed by atoms with E-state index in [0.717, 1.165) is 36.2 Å². The van der Waals surface area contributed by atoms with Crippen LogP contribution in [0, 0.1) is 11.6 Å². The van der Waals surface area contributed by atoms with Crippen LogP contribution in [0.15, 0.2) is 51.8 Å². The molecule has 0 aliphatic carbocycles. The number of alkyl halides is 3. The van der Waals surface area contributed by atoms with Crippen LogP contribution in [0.2, 0.25) is 0 Å². The van der Waals surface area contributed by atoms with Gasteiger partial charge in [0.25, 0.3) is 5.91 Å². The van der Waals surface area contributed by atoms with Crippen LogP contribution in [0.25, 0.3) is 11.1 Å². The first-order valence-corrected chi connectivity index (χ1v) is 12.0. The maximum absolute atomic E-state index is 14.9. The summed E-state index contributed by atoms with van der Waals surface area (Å²) in [5.41, 5.74) is -1.65. The predicted octanol–water partition coefficient (Wildman–Crippen LogP) is 7.09. The number of aromatic hydroxyl groups is 1. The topological polar surface area (TPSA) is 61.8 Å². The number of benzene rings is 3. The van der Waals surface area contributed by atoms with Gasteiger partial charge in [0.15, 0.2) is 0 Å². The third-order valence-electron chi connectivity index (χ3n) is 5.41. The average molecular weight is 589 g/mol. The van der Waals surface area contributed by atoms with E-state index in [2.05, 4.69) is 20.7 Å². The molecule has 0 aromatic heterocycles. The molecule has 36 heavy (non-hydrogen) atoms. The highest BCUT2D eigenvalue weighted by atomic mass is 79.9. The van der Waals surface area contributed by atoms with Crippen molar-refractivity contribution < 1.29 is 36.6 Å². The molecule has 190 valence electrons. The minimum absolute atomic E-state index is 0.0374. The number of nitrogens with one attached hydrogen (secondary N) is 1. The van der Waals surface area contributed by atoms with Crippen molar-refractivity contribution in [3.05, 3.63) is 69.7 Å². The third-order valence-corrected chi connectivity index (χ3v) is 6.86. The van der Waals surface area contributed by atoms with Gasteiger partial charge in [0, 0.05) is 29.8 Å². The van der Waals surface area contributed by atoms with Gasteiger partial charge in [-0.1, -0.05) is 0 Å². The fraction of sp³-hybridized carbons (Fsp3) is 0.208. The van der Waals surface area contributed by atoms with Crippen molar-refractivity contribution in [2.24, 2.45) is 0 Å². The van der Waals surface area contributed by atoms with Gasteiger partial charge in [-0.3, -0.25) is 4.79 Å². The molecule has 1 aliphatic heterocycles. The summed E-state index contributed by atoms with van der Waals surface area (Å²) in [6, 6.07) is 6.99. The fourth-order valence-electron chi connectivity index (χ4n) is 3.68. The lowest BCUT2D eigenvalue weighted by molar-refractivity contribution is -0.137. The van der Waals surface area contributed by atoms with Gasteiger partial charge in [-0.2, -0.15) is 13.2 Å². The first-order chi connectivity index (χ1) is 16.8. The van der Waals surface area contributed by atoms with Crippen LogP contribution in [-0.2, 0) is 6.18 Å². The Labute approximate surface area is 215 Å². The smallest absolute Gasteiger partial charge is 0.416 e. The summed E-state index contributed by atoms with van der Waals surface area (Å²) in [5, 5.41) is 10.4. The zero-order valence-electron chi connectivity index (χ0n) is 18.7. The Morgan fingerprint density at radius 3 is 2.53 bits per heavy atom. The third kappa shape index (κ3) is 5.24. The van der Waals surface area contributed by atoms with E-state index < -0.39 is 35.4 Å². The highest BCUT2D eigenvalue weighted by molar-refractivity contribution is 9.10. The number of hydrogen-bond donors (Lipinski definition) is 2. The predicted molar refractivity (Wildman–Crippen MR) is 129 cm³/mol. The molecule has 0 radical (unpaired) electrons. The van der Waals surface area contributed by atoms with Gasteiger partial charge in [0.2, 0.25) is 0 Å². The molecule has 4 rings (SSSR count). The number of phenolic OH excluding ortho intramolecular Hbond substituents is 1. The van der Waals surface area contributed by atoms with Gasteiger partial charge in [0.05, 0.1) is 27.2 Å². The van der Waals surface area contributed by atoms with E-state index in [1.165, 1.54) is 24.1 Å². The number of anilines is 1. The second-order valence-corrected chi connectivity index (χ2v) is 9.85. The van der Waals surface area contributed by atoms with Crippen molar-refractivity contribution in [1.82, 2.24) is 4.90 Å². The fourth-order valence-corrected chi connectivity index (χ4v) is 5.04. The largest absolute Gasteiger partial charge is 0.506 e. The molecule has 5 nitrogen and oxygen atoms in total. The number of carbonyl (C=O) groups is 1. The van der Waals surface area contributed by atoms with E-state index in [4.69, 9.17) is 4.74 Å². The van der Waals surface area contributed by atoms with E-state index in [-0.39, 0.29) is 49.8 Å². The number of carbonyl (C=O) groups excluding carboxylic acids is 1. The monoisotopic (exact) mass is 588 g/mol. The summed E-state index contributed by atoms with van der Waals surface area (Å²) in [7, 11) is 1.51. The molecule has 4 bridgehead atoms. The minimum atomic E-state index is -4.72. The molecule has 1 atom stereocenters. The Kier molecular flexibility index (Phi) is 7.11. The molecule has 2 N–H and O–H groups in total. The number of fused-ring (bicyclic) bond motifs is 6. The molecule has 1 amide bonds. The Balaban J connectivity index is 1.91. The van der Waals surface area contributed by atoms with Crippen molar-refractivity contribution >= 4 is 39.5 Å². The Morgan fingerprint density at radius 2 is 1.83 bits per heavy atom. The second kappa shape index (κ2) is 9.81. The number of phenols is 1. The van der Waals surface area contributed by atoms with Gasteiger partial charge in [-0.15, -0.1) is 0 Å². The molecular weight excluding hydrogens is 571 g/mol. The molecular formula is C24H18BrF5N2O3S. The summed E-state index contributed by atoms with van der Waals surface area (Å²) in [6.07, 6.45) is -5.43. The second-order valence-electron chi connectivity index (χ2n) is 8.14. The van der Waals surface area contributed by atoms with E-state index in [0.29, 0.717) is 6.07 Å². The summed E-state index contributed by atoms with van der Waals surface area (Å²) in [4.78, 5) is 14.5. The molecule has 3 aromatic carbocycles. The van der Waals surface area contributed by atoms with E-state index in [1.807, 2.05) is 0 Å². The van der Waals surface area contributed by atoms with E-state index in [1.54, 1.807) is 6.92 Å². The molecule has 0 spiro atoms. The normalized spacial score (nSPS) is 16.4. The number of nitrogens with zero attached hydrogens (tertiary/aromatic N) is 1. The van der Waals surface area contributed by atoms with Crippen molar-refractivity contribution in [2.75, 3.05) is 18.3 Å². The SMILES string of the molecule is CC1CN(C)C(=O)c2cc(Br)c(O)c(c2)SNc2cc(c(F)cc2F)-c2cc(C(F)(F)F)ccc2O1. The van der Waals surface area contributed by atoms with Crippen LogP contribution in [0.3, 0.4) is 0 Å². The maximum Gasteiger partial charge on any atom is 0.416 e. The van der Waals surface area contributed by atoms with E-state index in [9.17, 15) is 31.9 Å². The van der Waals surface area contributed by atoms with Crippen molar-refractivity contribution in [1.29, 1.82) is 0 Å². The lowest BCUT2D eigenvalue weighted by atomic mass is 10.00. The lowest BCUT2D eigenvalue weighted by Crippen LogP contribution is -2.35. The zero-order chi connectivity index (χ0) is 26.4. The zero-order valence-corrected chi connectivity index (χ0v) is 21.1. The molecule has 0 saturated heterocycles. The highest BCUT2D eigenvalue weighted by Crippen LogP contribution is 2.42. The Hall–Kier alpha value is -2.99. The highest BCUT2D eigenvalue weighted by Gasteiger charge is 2.32. The van der Waals surface area contributed by atoms with Gasteiger partial charge in [0.1, 0.15) is 29.2 Å². The van der Waals surface area contributed by atoms with Crippen LogP contribution >= 0.6 is 27.9 Å². The number of ether oxygens (including phenoxy) is 1. The quantitative estimate of drug-likeness (QED) is 0.217. The van der Waals surface area contributed by atoms with Crippen LogP contribution in [-0.4, -0.2) is 35.6 Å². The lowest BCUT2D eigenvalue weighted by Gasteiger charge is -2.24. The molecule has 1 heterocycles. The number of amides is 1. The summed E-state index contributed by atoms with van der Waals surface area (Å²) in [5.74, 6) is -2.83. The molecule has 12 heteroatoms. The first-order valence-electron chi connectivity index (χ1n) is 10.4. The summed E-state index contributed by atoms with van der Waals surface area (Å²) < 4.78 is 78.6. The maximum atomic E-state index is 14.9. The van der Waals surface area contributed by atoms with Crippen LogP contribution in [0.4, 0.5) is 27.6 Å². The van der Waals surface area contributed by atoms with E-state index >= 15 is 0 Å². The summed E-state index contributed by atoms with van der Waals surface area (Å²) in [6.45, 7) is 1.64. The summed E-state index contributed by atoms with van der Waals surface area (Å²) >= 11 is 3.93. The van der Waals surface area contributed by atoms with Crippen LogP contribution in [0.1, 0.15) is 22.8 Å². The van der Waals surface area contributed by atoms with Crippen LogP contribution < -0.4 is 9.46 Å². The van der Waals surface area contributed by atoms with Crippen molar-refractivity contribution in [3.8, 4) is 22.6 Å². The number of likely N-dealkylation sites (N-methyl/N-ethyl adjacent to an activating group) is 1. The molecule has 1 unspecified atom stereocenters. The molecule has 3 aromatic rings. The number of rotatable bonds is 0. The Bertz CT molecular complexity index is 1350. The molecule has 0 fully saturated rings. The van der Waals surface area contributed by atoms with Crippen molar-refractivity contribution in [3.63, 3.8) is 0 Å².